The molecule has 114 valence electrons. The molecule has 0 unspecified atom stereocenters. The number of H-pyrrole nitrogens is 1. The number of nitrogens with zero attached hydrogens (tertiary/aromatic N) is 3. The molecular formula is C16H12N4O2S. The average Bonchev–Trinajstić information content (AvgIpc) is 3.25. The quantitative estimate of drug-likeness (QED) is 0.625. The van der Waals surface area contributed by atoms with Crippen LogP contribution in [-0.2, 0) is 6.42 Å². The van der Waals surface area contributed by atoms with Crippen LogP contribution in [0.15, 0.2) is 45.2 Å². The predicted octanol–water partition coefficient (Wildman–Crippen LogP) is 3.26. The highest BCUT2D eigenvalue weighted by Crippen LogP contribution is 2.30. The molecule has 0 bridgehead atoms. The van der Waals surface area contributed by atoms with Gasteiger partial charge in [-0.3, -0.25) is 9.78 Å². The van der Waals surface area contributed by atoms with Crippen molar-refractivity contribution in [1.82, 2.24) is 20.1 Å². The van der Waals surface area contributed by atoms with E-state index in [4.69, 9.17) is 4.52 Å². The van der Waals surface area contributed by atoms with E-state index in [9.17, 15) is 4.79 Å². The number of hydrogen-bond acceptors (Lipinski definition) is 6. The zero-order valence-electron chi connectivity index (χ0n) is 12.2. The molecule has 0 aliphatic heterocycles. The number of aromatic nitrogens is 4. The van der Waals surface area contributed by atoms with E-state index < -0.39 is 0 Å². The molecule has 0 saturated heterocycles. The van der Waals surface area contributed by atoms with Crippen LogP contribution >= 0.6 is 11.3 Å². The predicted molar refractivity (Wildman–Crippen MR) is 88.3 cm³/mol. The van der Waals surface area contributed by atoms with E-state index in [1.54, 1.807) is 29.7 Å². The van der Waals surface area contributed by atoms with Gasteiger partial charge in [-0.1, -0.05) is 18.1 Å². The molecule has 6 nitrogen and oxygen atoms in total. The van der Waals surface area contributed by atoms with E-state index >= 15 is 0 Å². The summed E-state index contributed by atoms with van der Waals surface area (Å²) < 4.78 is 5.11. The van der Waals surface area contributed by atoms with Crippen molar-refractivity contribution in [3.05, 3.63) is 52.1 Å². The first-order valence-corrected chi connectivity index (χ1v) is 8.03. The first-order valence-electron chi connectivity index (χ1n) is 7.15. The molecule has 0 radical (unpaired) electrons. The normalized spacial score (nSPS) is 11.2. The molecular weight excluding hydrogens is 312 g/mol. The molecule has 1 N–H and O–H groups in total. The minimum absolute atomic E-state index is 0.246. The van der Waals surface area contributed by atoms with Crippen molar-refractivity contribution >= 4 is 22.2 Å². The van der Waals surface area contributed by atoms with E-state index in [1.807, 2.05) is 24.4 Å². The standard InChI is InChI=1S/C16H12N4O2S/c1-2-13-19-15(20-22-13)10-8-9-11(18-16(10)21)5-6-17-14(9)12-4-3-7-23-12/h3-8H,2H2,1H3,(H,18,21). The maximum atomic E-state index is 12.3. The second-order valence-corrected chi connectivity index (χ2v) is 5.92. The van der Waals surface area contributed by atoms with Crippen LogP contribution in [0.3, 0.4) is 0 Å². The van der Waals surface area contributed by atoms with Gasteiger partial charge in [0.05, 0.1) is 21.7 Å². The summed E-state index contributed by atoms with van der Waals surface area (Å²) in [6.45, 7) is 1.92. The smallest absolute Gasteiger partial charge is 0.259 e. The summed E-state index contributed by atoms with van der Waals surface area (Å²) >= 11 is 1.60. The lowest BCUT2D eigenvalue weighted by Crippen LogP contribution is -2.10. The van der Waals surface area contributed by atoms with E-state index in [-0.39, 0.29) is 5.56 Å². The Morgan fingerprint density at radius 2 is 2.26 bits per heavy atom. The Bertz CT molecular complexity index is 1030. The fraction of sp³-hybridized carbons (Fsp3) is 0.125. The summed E-state index contributed by atoms with van der Waals surface area (Å²) in [6.07, 6.45) is 2.32. The molecule has 0 fully saturated rings. The molecule has 0 spiro atoms. The van der Waals surface area contributed by atoms with Gasteiger partial charge in [0.25, 0.3) is 5.56 Å². The van der Waals surface area contributed by atoms with Gasteiger partial charge in [-0.15, -0.1) is 11.3 Å². The number of rotatable bonds is 3. The molecule has 4 rings (SSSR count). The summed E-state index contributed by atoms with van der Waals surface area (Å²) in [5.74, 6) is 0.801. The Balaban J connectivity index is 1.98. The molecule has 0 aliphatic rings. The van der Waals surface area contributed by atoms with E-state index in [0.717, 1.165) is 21.5 Å². The van der Waals surface area contributed by atoms with Crippen molar-refractivity contribution in [2.45, 2.75) is 13.3 Å². The van der Waals surface area contributed by atoms with Gasteiger partial charge in [0.1, 0.15) is 0 Å². The van der Waals surface area contributed by atoms with Crippen LogP contribution in [-0.4, -0.2) is 20.1 Å². The molecule has 4 aromatic rings. The van der Waals surface area contributed by atoms with E-state index in [1.165, 1.54) is 0 Å². The largest absolute Gasteiger partial charge is 0.339 e. The van der Waals surface area contributed by atoms with E-state index in [0.29, 0.717) is 23.7 Å². The zero-order valence-corrected chi connectivity index (χ0v) is 13.1. The third kappa shape index (κ3) is 2.35. The van der Waals surface area contributed by atoms with Gasteiger partial charge < -0.3 is 9.51 Å². The summed E-state index contributed by atoms with van der Waals surface area (Å²) in [4.78, 5) is 24.9. The molecule has 7 heteroatoms. The number of pyridine rings is 2. The van der Waals surface area contributed by atoms with Crippen LogP contribution < -0.4 is 5.56 Å². The van der Waals surface area contributed by atoms with Gasteiger partial charge in [0, 0.05) is 18.0 Å². The number of hydrogen-bond donors (Lipinski definition) is 1. The number of nitrogens with one attached hydrogen (secondary N) is 1. The Hall–Kier alpha value is -2.80. The minimum Gasteiger partial charge on any atom is -0.339 e. The van der Waals surface area contributed by atoms with Gasteiger partial charge in [-0.05, 0) is 23.6 Å². The summed E-state index contributed by atoms with van der Waals surface area (Å²) in [6, 6.07) is 7.53. The molecule has 4 aromatic heterocycles. The maximum absolute atomic E-state index is 12.3. The van der Waals surface area contributed by atoms with Crippen LogP contribution in [0.2, 0.25) is 0 Å². The first-order chi connectivity index (χ1) is 11.3. The highest BCUT2D eigenvalue weighted by Gasteiger charge is 2.15. The highest BCUT2D eigenvalue weighted by molar-refractivity contribution is 7.13. The minimum atomic E-state index is -0.246. The topological polar surface area (TPSA) is 84.7 Å². The van der Waals surface area contributed by atoms with Gasteiger partial charge >= 0.3 is 0 Å². The molecule has 0 saturated carbocycles. The highest BCUT2D eigenvalue weighted by atomic mass is 32.1. The Morgan fingerprint density at radius 1 is 1.35 bits per heavy atom. The Morgan fingerprint density at radius 3 is 3.00 bits per heavy atom. The monoisotopic (exact) mass is 324 g/mol. The molecule has 23 heavy (non-hydrogen) atoms. The van der Waals surface area contributed by atoms with Crippen molar-refractivity contribution in [1.29, 1.82) is 0 Å². The third-order valence-electron chi connectivity index (χ3n) is 3.54. The molecule has 4 heterocycles. The van der Waals surface area contributed by atoms with Crippen LogP contribution in [0.5, 0.6) is 0 Å². The van der Waals surface area contributed by atoms with Gasteiger partial charge in [0.15, 0.2) is 0 Å². The Kier molecular flexibility index (Phi) is 3.27. The fourth-order valence-electron chi connectivity index (χ4n) is 2.41. The maximum Gasteiger partial charge on any atom is 0.259 e. The van der Waals surface area contributed by atoms with Crippen molar-refractivity contribution < 1.29 is 4.52 Å². The lowest BCUT2D eigenvalue weighted by atomic mass is 10.1. The summed E-state index contributed by atoms with van der Waals surface area (Å²) in [5.41, 5.74) is 1.70. The summed E-state index contributed by atoms with van der Waals surface area (Å²) in [7, 11) is 0. The fourth-order valence-corrected chi connectivity index (χ4v) is 3.15. The second kappa shape index (κ2) is 5.44. The molecule has 0 aliphatic carbocycles. The van der Waals surface area contributed by atoms with Crippen molar-refractivity contribution in [3.63, 3.8) is 0 Å². The second-order valence-electron chi connectivity index (χ2n) is 4.98. The van der Waals surface area contributed by atoms with Crippen LogP contribution in [0.4, 0.5) is 0 Å². The van der Waals surface area contributed by atoms with Gasteiger partial charge in [0.2, 0.25) is 11.7 Å². The summed E-state index contributed by atoms with van der Waals surface area (Å²) in [5, 5.41) is 6.74. The Labute approximate surface area is 134 Å². The third-order valence-corrected chi connectivity index (χ3v) is 4.41. The first kappa shape index (κ1) is 13.8. The average molecular weight is 324 g/mol. The SMILES string of the molecule is CCc1nc(-c2cc3c(-c4cccs4)nccc3[nH]c2=O)no1. The number of fused-ring (bicyclic) bond motifs is 1. The van der Waals surface area contributed by atoms with Gasteiger partial charge in [-0.25, -0.2) is 0 Å². The molecule has 0 amide bonds. The van der Waals surface area contributed by atoms with Crippen LogP contribution in [0, 0.1) is 0 Å². The lowest BCUT2D eigenvalue weighted by Gasteiger charge is -2.04. The zero-order chi connectivity index (χ0) is 15.8. The van der Waals surface area contributed by atoms with Crippen LogP contribution in [0.25, 0.3) is 32.9 Å². The van der Waals surface area contributed by atoms with Crippen molar-refractivity contribution in [2.24, 2.45) is 0 Å². The number of thiophene rings is 1. The number of aryl methyl sites for hydroxylation is 1. The molecule has 0 aromatic carbocycles. The van der Waals surface area contributed by atoms with Crippen molar-refractivity contribution in [3.8, 4) is 22.0 Å². The molecule has 0 atom stereocenters. The van der Waals surface area contributed by atoms with E-state index in [2.05, 4.69) is 20.1 Å². The number of aromatic amines is 1. The van der Waals surface area contributed by atoms with Crippen molar-refractivity contribution in [2.75, 3.05) is 0 Å². The van der Waals surface area contributed by atoms with Crippen LogP contribution in [0.1, 0.15) is 12.8 Å². The van der Waals surface area contributed by atoms with Gasteiger partial charge in [-0.2, -0.15) is 4.98 Å². The lowest BCUT2D eigenvalue weighted by molar-refractivity contribution is 0.382.